The molecule has 0 aliphatic carbocycles. The number of amides is 1. The number of carbonyl (C=O) groups is 1. The molecule has 0 saturated carbocycles. The molecule has 3 rings (SSSR count). The highest BCUT2D eigenvalue weighted by atomic mass is 32.2. The number of rotatable bonds is 8. The number of nitrogens with one attached hydrogen (secondary N) is 1. The molecule has 0 aliphatic rings. The van der Waals surface area contributed by atoms with Crippen molar-refractivity contribution in [3.05, 3.63) is 78.6 Å². The van der Waals surface area contributed by atoms with Crippen molar-refractivity contribution in [3.63, 3.8) is 0 Å². The lowest BCUT2D eigenvalue weighted by Gasteiger charge is -2.13. The van der Waals surface area contributed by atoms with Crippen LogP contribution in [-0.2, 0) is 17.9 Å². The molecule has 1 aromatic heterocycles. The van der Waals surface area contributed by atoms with Crippen molar-refractivity contribution < 1.29 is 9.18 Å². The summed E-state index contributed by atoms with van der Waals surface area (Å²) in [5.74, 6) is 0.320. The summed E-state index contributed by atoms with van der Waals surface area (Å²) in [5, 5.41) is 11.7. The maximum Gasteiger partial charge on any atom is 0.233 e. The monoisotopic (exact) mass is 396 g/mol. The Labute approximate surface area is 167 Å². The molecule has 0 spiro atoms. The Morgan fingerprint density at radius 1 is 1.21 bits per heavy atom. The van der Waals surface area contributed by atoms with E-state index < -0.39 is 0 Å². The Kier molecular flexibility index (Phi) is 6.60. The minimum atomic E-state index is -0.364. The number of nitrogens with zero attached hydrogens (tertiary/aromatic N) is 3. The second-order valence-electron chi connectivity index (χ2n) is 6.18. The smallest absolute Gasteiger partial charge is 0.233 e. The van der Waals surface area contributed by atoms with Crippen LogP contribution < -0.4 is 5.32 Å². The summed E-state index contributed by atoms with van der Waals surface area (Å²) in [6.45, 7) is 6.51. The Morgan fingerprint density at radius 2 is 1.93 bits per heavy atom. The van der Waals surface area contributed by atoms with E-state index in [0.29, 0.717) is 18.2 Å². The summed E-state index contributed by atoms with van der Waals surface area (Å²) >= 11 is 1.34. The zero-order chi connectivity index (χ0) is 19.9. The highest BCUT2D eigenvalue weighted by Gasteiger charge is 2.20. The van der Waals surface area contributed by atoms with Crippen molar-refractivity contribution in [3.8, 4) is 11.4 Å². The number of halogens is 1. The largest absolute Gasteiger partial charge is 0.351 e. The van der Waals surface area contributed by atoms with E-state index in [9.17, 15) is 9.18 Å². The Bertz CT molecular complexity index is 941. The maximum atomic E-state index is 13.0. The van der Waals surface area contributed by atoms with Crippen LogP contribution in [0.3, 0.4) is 0 Å². The van der Waals surface area contributed by atoms with E-state index in [1.165, 1.54) is 23.9 Å². The molecular weight excluding hydrogens is 375 g/mol. The average molecular weight is 396 g/mol. The van der Waals surface area contributed by atoms with Gasteiger partial charge in [0.25, 0.3) is 0 Å². The molecule has 1 unspecified atom stereocenters. The van der Waals surface area contributed by atoms with E-state index in [2.05, 4.69) is 22.1 Å². The molecule has 0 saturated heterocycles. The van der Waals surface area contributed by atoms with Gasteiger partial charge in [0.05, 0.1) is 5.25 Å². The molecule has 0 fully saturated rings. The van der Waals surface area contributed by atoms with Crippen LogP contribution >= 0.6 is 11.8 Å². The lowest BCUT2D eigenvalue weighted by molar-refractivity contribution is -0.120. The lowest BCUT2D eigenvalue weighted by atomic mass is 10.2. The number of hydrogen-bond acceptors (Lipinski definition) is 4. The number of carbonyl (C=O) groups excluding carboxylic acids is 1. The van der Waals surface area contributed by atoms with Gasteiger partial charge in [0.15, 0.2) is 11.0 Å². The molecule has 3 aromatic rings. The zero-order valence-corrected chi connectivity index (χ0v) is 16.3. The minimum absolute atomic E-state index is 0.122. The highest BCUT2D eigenvalue weighted by molar-refractivity contribution is 8.00. The van der Waals surface area contributed by atoms with Gasteiger partial charge in [-0.1, -0.05) is 60.3 Å². The van der Waals surface area contributed by atoms with Crippen molar-refractivity contribution >= 4 is 17.7 Å². The zero-order valence-electron chi connectivity index (χ0n) is 15.5. The summed E-state index contributed by atoms with van der Waals surface area (Å²) in [4.78, 5) is 12.4. The van der Waals surface area contributed by atoms with Gasteiger partial charge in [-0.15, -0.1) is 16.8 Å². The fourth-order valence-electron chi connectivity index (χ4n) is 2.62. The summed E-state index contributed by atoms with van der Waals surface area (Å²) in [6.07, 6.45) is 1.78. The minimum Gasteiger partial charge on any atom is -0.351 e. The molecule has 1 amide bonds. The Hall–Kier alpha value is -2.93. The molecular formula is C21H21FN4OS. The van der Waals surface area contributed by atoms with Gasteiger partial charge in [0, 0.05) is 18.7 Å². The summed E-state index contributed by atoms with van der Waals surface area (Å²) < 4.78 is 14.9. The molecule has 1 atom stereocenters. The summed E-state index contributed by atoms with van der Waals surface area (Å²) in [6, 6.07) is 15.8. The standard InChI is InChI=1S/C21H21FN4OS/c1-3-13-26-19(17-7-5-4-6-8-17)24-25-21(26)28-15(2)20(27)23-14-16-9-11-18(22)12-10-16/h3-12,15H,1,13-14H2,2H3,(H,23,27). The van der Waals surface area contributed by atoms with Crippen LogP contribution in [0, 0.1) is 5.82 Å². The van der Waals surface area contributed by atoms with Gasteiger partial charge in [-0.2, -0.15) is 0 Å². The van der Waals surface area contributed by atoms with Crippen LogP contribution in [0.25, 0.3) is 11.4 Å². The number of thioether (sulfide) groups is 1. The summed E-state index contributed by atoms with van der Waals surface area (Å²) in [7, 11) is 0. The topological polar surface area (TPSA) is 59.8 Å². The molecule has 1 heterocycles. The molecule has 7 heteroatoms. The molecule has 144 valence electrons. The van der Waals surface area contributed by atoms with Crippen LogP contribution in [0.1, 0.15) is 12.5 Å². The van der Waals surface area contributed by atoms with Crippen LogP contribution in [0.4, 0.5) is 4.39 Å². The maximum absolute atomic E-state index is 13.0. The number of allylic oxidation sites excluding steroid dienone is 1. The Balaban J connectivity index is 1.68. The predicted octanol–water partition coefficient (Wildman–Crippen LogP) is 4.07. The van der Waals surface area contributed by atoms with Gasteiger partial charge in [-0.05, 0) is 24.6 Å². The fourth-order valence-corrected chi connectivity index (χ4v) is 3.50. The molecule has 1 N–H and O–H groups in total. The first-order valence-corrected chi connectivity index (χ1v) is 9.74. The van der Waals surface area contributed by atoms with Crippen LogP contribution in [0.15, 0.2) is 72.4 Å². The third-order valence-electron chi connectivity index (χ3n) is 4.09. The number of hydrogen-bond donors (Lipinski definition) is 1. The van der Waals surface area contributed by atoms with Gasteiger partial charge in [0.1, 0.15) is 5.82 Å². The van der Waals surface area contributed by atoms with Crippen molar-refractivity contribution in [1.29, 1.82) is 0 Å². The number of aromatic nitrogens is 3. The third-order valence-corrected chi connectivity index (χ3v) is 5.17. The molecule has 0 aliphatic heterocycles. The van der Waals surface area contributed by atoms with E-state index in [1.807, 2.05) is 41.8 Å². The Morgan fingerprint density at radius 3 is 2.61 bits per heavy atom. The number of benzene rings is 2. The van der Waals surface area contributed by atoms with E-state index in [-0.39, 0.29) is 17.0 Å². The first kappa shape index (κ1) is 19.8. The van der Waals surface area contributed by atoms with E-state index >= 15 is 0 Å². The first-order chi connectivity index (χ1) is 13.6. The first-order valence-electron chi connectivity index (χ1n) is 8.87. The van der Waals surface area contributed by atoms with Crippen molar-refractivity contribution in [1.82, 2.24) is 20.1 Å². The van der Waals surface area contributed by atoms with Crippen molar-refractivity contribution in [2.75, 3.05) is 0 Å². The third kappa shape index (κ3) is 4.86. The molecule has 2 aromatic carbocycles. The molecule has 28 heavy (non-hydrogen) atoms. The highest BCUT2D eigenvalue weighted by Crippen LogP contribution is 2.27. The van der Waals surface area contributed by atoms with Gasteiger partial charge < -0.3 is 5.32 Å². The fraction of sp³-hybridized carbons (Fsp3) is 0.190. The second kappa shape index (κ2) is 9.32. The SMILES string of the molecule is C=CCn1c(SC(C)C(=O)NCc2ccc(F)cc2)nnc1-c1ccccc1. The molecule has 0 bridgehead atoms. The quantitative estimate of drug-likeness (QED) is 0.461. The summed E-state index contributed by atoms with van der Waals surface area (Å²) in [5.41, 5.74) is 1.80. The lowest BCUT2D eigenvalue weighted by Crippen LogP contribution is -2.30. The second-order valence-corrected chi connectivity index (χ2v) is 7.48. The van der Waals surface area contributed by atoms with E-state index in [0.717, 1.165) is 17.0 Å². The van der Waals surface area contributed by atoms with Crippen LogP contribution in [0.2, 0.25) is 0 Å². The molecule has 0 radical (unpaired) electrons. The average Bonchev–Trinajstić information content (AvgIpc) is 3.10. The van der Waals surface area contributed by atoms with Crippen LogP contribution in [0.5, 0.6) is 0 Å². The van der Waals surface area contributed by atoms with Gasteiger partial charge in [-0.3, -0.25) is 9.36 Å². The van der Waals surface area contributed by atoms with E-state index in [4.69, 9.17) is 0 Å². The molecule has 5 nitrogen and oxygen atoms in total. The van der Waals surface area contributed by atoms with Crippen molar-refractivity contribution in [2.45, 2.75) is 30.4 Å². The van der Waals surface area contributed by atoms with Crippen LogP contribution in [-0.4, -0.2) is 25.9 Å². The van der Waals surface area contributed by atoms with Crippen molar-refractivity contribution in [2.24, 2.45) is 0 Å². The van der Waals surface area contributed by atoms with Gasteiger partial charge >= 0.3 is 0 Å². The van der Waals surface area contributed by atoms with Gasteiger partial charge in [-0.25, -0.2) is 4.39 Å². The normalized spacial score (nSPS) is 11.8. The van der Waals surface area contributed by atoms with Gasteiger partial charge in [0.2, 0.25) is 5.91 Å². The predicted molar refractivity (Wildman–Crippen MR) is 109 cm³/mol. The van der Waals surface area contributed by atoms with E-state index in [1.54, 1.807) is 18.2 Å².